The van der Waals surface area contributed by atoms with E-state index >= 15 is 0 Å². The molecule has 3 nitrogen and oxygen atoms in total. The average Bonchev–Trinajstić information content (AvgIpc) is 2.80. The largest absolute Gasteiger partial charge is 0.301 e. The van der Waals surface area contributed by atoms with Crippen LogP contribution in [-0.4, -0.2) is 22.9 Å². The van der Waals surface area contributed by atoms with Crippen molar-refractivity contribution in [3.8, 4) is 0 Å². The Balaban J connectivity index is 1.97. The Labute approximate surface area is 119 Å². The van der Waals surface area contributed by atoms with Crippen molar-refractivity contribution in [3.63, 3.8) is 0 Å². The van der Waals surface area contributed by atoms with Crippen LogP contribution in [0, 0.1) is 5.82 Å². The zero-order valence-corrected chi connectivity index (χ0v) is 12.0. The van der Waals surface area contributed by atoms with Crippen molar-refractivity contribution in [2.75, 3.05) is 17.3 Å². The maximum Gasteiger partial charge on any atom is 0.236 e. The number of hydrogen-bond acceptors (Lipinski definition) is 4. The summed E-state index contributed by atoms with van der Waals surface area (Å²) in [6.45, 7) is 0. The van der Waals surface area contributed by atoms with Gasteiger partial charge >= 0.3 is 0 Å². The first kappa shape index (κ1) is 14.0. The summed E-state index contributed by atoms with van der Waals surface area (Å²) in [5.41, 5.74) is 1.02. The molecule has 2 aromatic rings. The molecule has 100 valence electrons. The van der Waals surface area contributed by atoms with Gasteiger partial charge in [0.1, 0.15) is 5.82 Å². The molecular weight excluding hydrogens is 283 g/mol. The van der Waals surface area contributed by atoms with Gasteiger partial charge in [-0.15, -0.1) is 11.3 Å². The molecule has 0 aliphatic rings. The molecule has 0 spiro atoms. The fourth-order valence-electron chi connectivity index (χ4n) is 1.54. The number of amides is 1. The molecule has 0 bridgehead atoms. The van der Waals surface area contributed by atoms with Gasteiger partial charge in [0.2, 0.25) is 5.91 Å². The van der Waals surface area contributed by atoms with E-state index in [0.29, 0.717) is 17.3 Å². The van der Waals surface area contributed by atoms with Crippen LogP contribution in [0.15, 0.2) is 30.5 Å². The number of halogens is 1. The van der Waals surface area contributed by atoms with Crippen LogP contribution >= 0.6 is 23.1 Å². The van der Waals surface area contributed by atoms with E-state index in [4.69, 9.17) is 0 Å². The number of thioether (sulfide) groups is 1. The predicted molar refractivity (Wildman–Crippen MR) is 78.3 cm³/mol. The number of thiazole rings is 1. The first-order valence-electron chi connectivity index (χ1n) is 5.65. The van der Waals surface area contributed by atoms with Crippen molar-refractivity contribution in [2.24, 2.45) is 0 Å². The summed E-state index contributed by atoms with van der Waals surface area (Å²) in [6, 6.07) is 6.39. The number of rotatable bonds is 5. The van der Waals surface area contributed by atoms with Crippen LogP contribution in [0.2, 0.25) is 0 Å². The Hall–Kier alpha value is -1.40. The van der Waals surface area contributed by atoms with Crippen LogP contribution in [-0.2, 0) is 11.2 Å². The minimum atomic E-state index is -0.238. The molecule has 0 fully saturated rings. The Kier molecular flexibility index (Phi) is 4.93. The molecule has 0 saturated heterocycles. The fraction of sp³-hybridized carbons (Fsp3) is 0.231. The minimum absolute atomic E-state index is 0.0461. The third kappa shape index (κ3) is 4.33. The number of carbonyl (C=O) groups is 1. The summed E-state index contributed by atoms with van der Waals surface area (Å²) < 4.78 is 12.8. The quantitative estimate of drug-likeness (QED) is 0.921. The van der Waals surface area contributed by atoms with E-state index in [1.54, 1.807) is 18.3 Å². The molecule has 0 saturated carbocycles. The summed E-state index contributed by atoms with van der Waals surface area (Å²) in [5.74, 6) is 0.139. The molecule has 1 heterocycles. The van der Waals surface area contributed by atoms with Gasteiger partial charge in [-0.1, -0.05) is 12.1 Å². The number of hydrogen-bond donors (Lipinski definition) is 1. The Morgan fingerprint density at radius 2 is 2.16 bits per heavy atom. The van der Waals surface area contributed by atoms with Crippen molar-refractivity contribution in [3.05, 3.63) is 46.7 Å². The maximum absolute atomic E-state index is 12.8. The van der Waals surface area contributed by atoms with Crippen LogP contribution in [0.1, 0.15) is 10.4 Å². The predicted octanol–water partition coefficient (Wildman–Crippen LogP) is 3.17. The van der Waals surface area contributed by atoms with Gasteiger partial charge in [0.05, 0.1) is 5.75 Å². The van der Waals surface area contributed by atoms with Crippen molar-refractivity contribution < 1.29 is 9.18 Å². The molecule has 2 rings (SSSR count). The molecule has 0 atom stereocenters. The third-order valence-corrected chi connectivity index (χ3v) is 3.83. The smallest absolute Gasteiger partial charge is 0.236 e. The van der Waals surface area contributed by atoms with Crippen molar-refractivity contribution in [2.45, 2.75) is 6.42 Å². The first-order valence-corrected chi connectivity index (χ1v) is 7.86. The molecule has 0 aliphatic carbocycles. The SMILES string of the molecule is CSCC(=O)Nc1ncc(Cc2ccc(F)cc2)s1. The first-order chi connectivity index (χ1) is 9.17. The van der Waals surface area contributed by atoms with E-state index in [0.717, 1.165) is 10.4 Å². The normalized spacial score (nSPS) is 10.4. The molecule has 1 aromatic carbocycles. The van der Waals surface area contributed by atoms with Gasteiger partial charge in [-0.3, -0.25) is 4.79 Å². The van der Waals surface area contributed by atoms with Crippen LogP contribution in [0.3, 0.4) is 0 Å². The second-order valence-corrected chi connectivity index (χ2v) is 5.90. The monoisotopic (exact) mass is 296 g/mol. The van der Waals surface area contributed by atoms with Crippen LogP contribution < -0.4 is 5.32 Å². The second-order valence-electron chi connectivity index (χ2n) is 3.92. The zero-order chi connectivity index (χ0) is 13.7. The van der Waals surface area contributed by atoms with Gasteiger partial charge in [0.15, 0.2) is 5.13 Å². The molecule has 0 unspecified atom stereocenters. The number of nitrogens with zero attached hydrogens (tertiary/aromatic N) is 1. The van der Waals surface area contributed by atoms with Crippen molar-refractivity contribution >= 4 is 34.1 Å². The molecule has 1 aromatic heterocycles. The van der Waals surface area contributed by atoms with Crippen molar-refractivity contribution in [1.29, 1.82) is 0 Å². The number of aromatic nitrogens is 1. The van der Waals surface area contributed by atoms with Gasteiger partial charge in [0, 0.05) is 17.5 Å². The second kappa shape index (κ2) is 6.68. The standard InChI is InChI=1S/C13H13FN2OS2/c1-18-8-12(17)16-13-15-7-11(19-13)6-9-2-4-10(14)5-3-9/h2-5,7H,6,8H2,1H3,(H,15,16,17). The molecule has 6 heteroatoms. The molecule has 19 heavy (non-hydrogen) atoms. The van der Waals surface area contributed by atoms with Crippen molar-refractivity contribution in [1.82, 2.24) is 4.98 Å². The fourth-order valence-corrected chi connectivity index (χ4v) is 2.73. The summed E-state index contributed by atoms with van der Waals surface area (Å²) in [6.07, 6.45) is 4.31. The highest BCUT2D eigenvalue weighted by atomic mass is 32.2. The van der Waals surface area contributed by atoms with Gasteiger partial charge < -0.3 is 5.32 Å². The minimum Gasteiger partial charge on any atom is -0.301 e. The lowest BCUT2D eigenvalue weighted by Gasteiger charge is -1.99. The van der Waals surface area contributed by atoms with E-state index in [9.17, 15) is 9.18 Å². The highest BCUT2D eigenvalue weighted by Gasteiger charge is 2.06. The topological polar surface area (TPSA) is 42.0 Å². The molecular formula is C13H13FN2OS2. The number of anilines is 1. The van der Waals surface area contributed by atoms with E-state index in [-0.39, 0.29) is 11.7 Å². The number of benzene rings is 1. The van der Waals surface area contributed by atoms with Crippen LogP contribution in [0.4, 0.5) is 9.52 Å². The summed E-state index contributed by atoms with van der Waals surface area (Å²) in [4.78, 5) is 16.6. The van der Waals surface area contributed by atoms with E-state index in [1.807, 2.05) is 6.26 Å². The Morgan fingerprint density at radius 1 is 1.42 bits per heavy atom. The molecule has 1 amide bonds. The van der Waals surface area contributed by atoms with E-state index in [2.05, 4.69) is 10.3 Å². The van der Waals surface area contributed by atoms with Gasteiger partial charge in [-0.25, -0.2) is 9.37 Å². The highest BCUT2D eigenvalue weighted by molar-refractivity contribution is 7.99. The summed E-state index contributed by atoms with van der Waals surface area (Å²) in [7, 11) is 0. The van der Waals surface area contributed by atoms with Gasteiger partial charge in [0.25, 0.3) is 0 Å². The molecule has 1 N–H and O–H groups in total. The lowest BCUT2D eigenvalue weighted by atomic mass is 10.1. The number of carbonyl (C=O) groups excluding carboxylic acids is 1. The molecule has 0 radical (unpaired) electrons. The molecule has 0 aliphatic heterocycles. The lowest BCUT2D eigenvalue weighted by Crippen LogP contribution is -2.13. The van der Waals surface area contributed by atoms with Gasteiger partial charge in [-0.05, 0) is 24.0 Å². The summed E-state index contributed by atoms with van der Waals surface area (Å²) in [5, 5.41) is 3.35. The zero-order valence-electron chi connectivity index (χ0n) is 10.4. The maximum atomic E-state index is 12.8. The van der Waals surface area contributed by atoms with E-state index < -0.39 is 0 Å². The van der Waals surface area contributed by atoms with Crippen LogP contribution in [0.5, 0.6) is 0 Å². The Bertz CT molecular complexity index is 554. The Morgan fingerprint density at radius 3 is 2.84 bits per heavy atom. The third-order valence-electron chi connectivity index (χ3n) is 2.37. The van der Waals surface area contributed by atoms with Crippen LogP contribution in [0.25, 0.3) is 0 Å². The average molecular weight is 296 g/mol. The number of nitrogens with one attached hydrogen (secondary N) is 1. The lowest BCUT2D eigenvalue weighted by molar-refractivity contribution is -0.113. The highest BCUT2D eigenvalue weighted by Crippen LogP contribution is 2.21. The van der Waals surface area contributed by atoms with E-state index in [1.165, 1.54) is 35.2 Å². The van der Waals surface area contributed by atoms with Gasteiger partial charge in [-0.2, -0.15) is 11.8 Å². The summed E-state index contributed by atoms with van der Waals surface area (Å²) >= 11 is 2.91.